The number of aliphatic imine (C=N–C) groups is 1. The summed E-state index contributed by atoms with van der Waals surface area (Å²) in [5.74, 6) is 0. The van der Waals surface area contributed by atoms with Crippen molar-refractivity contribution < 1.29 is 10.0 Å². The Kier molecular flexibility index (Phi) is 1.84. The minimum Gasteiger partial charge on any atom is -0.413 e. The second-order valence-corrected chi connectivity index (χ2v) is 2.77. The van der Waals surface area contributed by atoms with Crippen molar-refractivity contribution in [2.75, 3.05) is 6.67 Å². The lowest BCUT2D eigenvalue weighted by Gasteiger charge is -2.21. The fourth-order valence-corrected chi connectivity index (χ4v) is 1.42. The van der Waals surface area contributed by atoms with Gasteiger partial charge in [-0.15, -0.1) is 0 Å². The van der Waals surface area contributed by atoms with E-state index in [0.29, 0.717) is 6.67 Å². The lowest BCUT2D eigenvalue weighted by Crippen LogP contribution is -2.45. The Morgan fingerprint density at radius 2 is 2.33 bits per heavy atom. The summed E-state index contributed by atoms with van der Waals surface area (Å²) in [5, 5.41) is 17.9. The monoisotopic (exact) mass is 164 g/mol. The van der Waals surface area contributed by atoms with Crippen LogP contribution in [0.4, 0.5) is 0 Å². The maximum atomic E-state index is 8.94. The molecule has 0 aromatic rings. The molecule has 1 aliphatic heterocycles. The van der Waals surface area contributed by atoms with Gasteiger partial charge in [0.1, 0.15) is 0 Å². The minimum atomic E-state index is -1.42. The van der Waals surface area contributed by atoms with Crippen LogP contribution in [0.1, 0.15) is 0 Å². The van der Waals surface area contributed by atoms with Gasteiger partial charge in [-0.05, 0) is 6.08 Å². The molecule has 2 aliphatic rings. The number of rotatable bonds is 1. The van der Waals surface area contributed by atoms with Crippen molar-refractivity contribution in [2.45, 2.75) is 6.04 Å². The molecule has 0 amide bonds. The molecule has 0 saturated heterocycles. The summed E-state index contributed by atoms with van der Waals surface area (Å²) in [6.07, 6.45) is 7.55. The summed E-state index contributed by atoms with van der Waals surface area (Å²) in [5.41, 5.74) is 0.894. The van der Waals surface area contributed by atoms with Crippen LogP contribution in [-0.2, 0) is 0 Å². The molecule has 12 heavy (non-hydrogen) atoms. The molecule has 1 heterocycles. The number of fused-ring (bicyclic) bond motifs is 1. The first-order chi connectivity index (χ1) is 5.79. The molecule has 0 radical (unpaired) electrons. The van der Waals surface area contributed by atoms with E-state index in [1.165, 1.54) is 4.81 Å². The Hall–Kier alpha value is -0.905. The molecule has 1 atom stereocenters. The number of allylic oxidation sites excluding steroid dienone is 2. The lowest BCUT2D eigenvalue weighted by atomic mass is 9.98. The topological polar surface area (TPSA) is 56.1 Å². The summed E-state index contributed by atoms with van der Waals surface area (Å²) >= 11 is 0. The van der Waals surface area contributed by atoms with E-state index in [1.54, 1.807) is 0 Å². The largest absolute Gasteiger partial charge is 0.554 e. The van der Waals surface area contributed by atoms with Crippen molar-refractivity contribution in [3.8, 4) is 0 Å². The SMILES string of the molecule is OB(O)N1CN=C2C=CC=CC21. The van der Waals surface area contributed by atoms with Crippen LogP contribution >= 0.6 is 0 Å². The first kappa shape index (κ1) is 7.73. The van der Waals surface area contributed by atoms with Crippen molar-refractivity contribution in [3.63, 3.8) is 0 Å². The Morgan fingerprint density at radius 3 is 3.08 bits per heavy atom. The van der Waals surface area contributed by atoms with Crippen molar-refractivity contribution in [3.05, 3.63) is 24.3 Å². The highest BCUT2D eigenvalue weighted by Gasteiger charge is 2.33. The summed E-state index contributed by atoms with van der Waals surface area (Å²) in [6.45, 7) is 0.354. The Bertz CT molecular complexity index is 273. The minimum absolute atomic E-state index is 0.0602. The van der Waals surface area contributed by atoms with E-state index in [2.05, 4.69) is 4.99 Å². The van der Waals surface area contributed by atoms with Crippen molar-refractivity contribution >= 4 is 13.0 Å². The predicted molar refractivity (Wildman–Crippen MR) is 46.4 cm³/mol. The maximum absolute atomic E-state index is 8.94. The van der Waals surface area contributed by atoms with Gasteiger partial charge in [0, 0.05) is 0 Å². The quantitative estimate of drug-likeness (QED) is 0.497. The highest BCUT2D eigenvalue weighted by molar-refractivity contribution is 6.39. The summed E-state index contributed by atoms with van der Waals surface area (Å²) < 4.78 is 0. The zero-order valence-electron chi connectivity index (χ0n) is 6.46. The van der Waals surface area contributed by atoms with Gasteiger partial charge in [0.05, 0.1) is 18.4 Å². The number of nitrogens with zero attached hydrogens (tertiary/aromatic N) is 2. The fraction of sp³-hybridized carbons (Fsp3) is 0.286. The molecule has 1 unspecified atom stereocenters. The average Bonchev–Trinajstić information content (AvgIpc) is 2.47. The van der Waals surface area contributed by atoms with Crippen LogP contribution in [0.25, 0.3) is 0 Å². The molecule has 1 aliphatic carbocycles. The smallest absolute Gasteiger partial charge is 0.413 e. The molecule has 0 saturated carbocycles. The van der Waals surface area contributed by atoms with E-state index in [-0.39, 0.29) is 6.04 Å². The van der Waals surface area contributed by atoms with Crippen LogP contribution in [-0.4, -0.2) is 40.5 Å². The zero-order chi connectivity index (χ0) is 8.55. The molecular weight excluding hydrogens is 155 g/mol. The number of hydrogen-bond acceptors (Lipinski definition) is 4. The van der Waals surface area contributed by atoms with E-state index in [4.69, 9.17) is 10.0 Å². The zero-order valence-corrected chi connectivity index (χ0v) is 6.46. The van der Waals surface area contributed by atoms with E-state index in [9.17, 15) is 0 Å². The first-order valence-corrected chi connectivity index (χ1v) is 3.80. The van der Waals surface area contributed by atoms with Gasteiger partial charge in [-0.1, -0.05) is 18.2 Å². The first-order valence-electron chi connectivity index (χ1n) is 3.80. The van der Waals surface area contributed by atoms with Gasteiger partial charge in [0.2, 0.25) is 0 Å². The Morgan fingerprint density at radius 1 is 1.50 bits per heavy atom. The van der Waals surface area contributed by atoms with E-state index in [1.807, 2.05) is 24.3 Å². The molecule has 0 aromatic heterocycles. The van der Waals surface area contributed by atoms with Crippen molar-refractivity contribution in [1.29, 1.82) is 0 Å². The van der Waals surface area contributed by atoms with Crippen molar-refractivity contribution in [1.82, 2.24) is 4.81 Å². The normalized spacial score (nSPS) is 27.2. The summed E-state index contributed by atoms with van der Waals surface area (Å²) in [7, 11) is -1.42. The van der Waals surface area contributed by atoms with Crippen molar-refractivity contribution in [2.24, 2.45) is 4.99 Å². The highest BCUT2D eigenvalue weighted by atomic mass is 16.4. The Balaban J connectivity index is 2.19. The van der Waals surface area contributed by atoms with Gasteiger partial charge in [0.25, 0.3) is 0 Å². The van der Waals surface area contributed by atoms with Gasteiger partial charge < -0.3 is 10.0 Å². The Labute approximate surface area is 70.7 Å². The van der Waals surface area contributed by atoms with Crippen LogP contribution in [0, 0.1) is 0 Å². The maximum Gasteiger partial charge on any atom is 0.554 e. The average molecular weight is 164 g/mol. The third-order valence-corrected chi connectivity index (χ3v) is 2.05. The molecule has 2 N–H and O–H groups in total. The lowest BCUT2D eigenvalue weighted by molar-refractivity contribution is 0.283. The molecule has 4 nitrogen and oxygen atoms in total. The van der Waals surface area contributed by atoms with E-state index < -0.39 is 7.25 Å². The third kappa shape index (κ3) is 1.12. The highest BCUT2D eigenvalue weighted by Crippen LogP contribution is 2.16. The van der Waals surface area contributed by atoms with Crippen LogP contribution in [0.15, 0.2) is 29.3 Å². The second-order valence-electron chi connectivity index (χ2n) is 2.77. The summed E-state index contributed by atoms with van der Waals surface area (Å²) in [4.78, 5) is 5.64. The predicted octanol–water partition coefficient (Wildman–Crippen LogP) is -0.835. The molecular formula is C7H9BN2O2. The van der Waals surface area contributed by atoms with Gasteiger partial charge in [-0.3, -0.25) is 9.80 Å². The molecule has 62 valence electrons. The summed E-state index contributed by atoms with van der Waals surface area (Å²) in [6, 6.07) is -0.0602. The standard InChI is InChI=1S/C7H9BN2O2/c11-8(12)10-5-9-6-3-1-2-4-7(6)10/h1-4,7,11-12H,5H2. The van der Waals surface area contributed by atoms with Crippen LogP contribution in [0.2, 0.25) is 0 Å². The molecule has 0 bridgehead atoms. The molecule has 0 fully saturated rings. The fourth-order valence-electron chi connectivity index (χ4n) is 1.42. The number of hydrogen-bond donors (Lipinski definition) is 2. The van der Waals surface area contributed by atoms with E-state index >= 15 is 0 Å². The van der Waals surface area contributed by atoms with Crippen LogP contribution in [0.3, 0.4) is 0 Å². The van der Waals surface area contributed by atoms with Gasteiger partial charge in [0.15, 0.2) is 0 Å². The molecule has 2 rings (SSSR count). The van der Waals surface area contributed by atoms with E-state index in [0.717, 1.165) is 5.71 Å². The van der Waals surface area contributed by atoms with Gasteiger partial charge >= 0.3 is 7.25 Å². The van der Waals surface area contributed by atoms with Crippen LogP contribution < -0.4 is 0 Å². The van der Waals surface area contributed by atoms with Crippen LogP contribution in [0.5, 0.6) is 0 Å². The molecule has 5 heteroatoms. The molecule has 0 aromatic carbocycles. The third-order valence-electron chi connectivity index (χ3n) is 2.05. The van der Waals surface area contributed by atoms with Gasteiger partial charge in [-0.25, -0.2) is 0 Å². The molecule has 0 spiro atoms. The second kappa shape index (κ2) is 2.86. The van der Waals surface area contributed by atoms with Gasteiger partial charge in [-0.2, -0.15) is 0 Å².